The summed E-state index contributed by atoms with van der Waals surface area (Å²) in [4.78, 5) is 12.1. The van der Waals surface area contributed by atoms with Gasteiger partial charge < -0.3 is 10.4 Å². The average molecular weight is 263 g/mol. The molecule has 2 aliphatic carbocycles. The van der Waals surface area contributed by atoms with Crippen LogP contribution in [0.1, 0.15) is 29.6 Å². The lowest BCUT2D eigenvalue weighted by Gasteiger charge is -2.30. The van der Waals surface area contributed by atoms with Crippen LogP contribution in [-0.4, -0.2) is 23.7 Å². The smallest absolute Gasteiger partial charge is 0.251 e. The molecule has 1 aromatic rings. The SMILES string of the molecule is O=C(NC1C2CCC(C2)C1CO)c1ccc(F)cc1. The van der Waals surface area contributed by atoms with Gasteiger partial charge in [0.1, 0.15) is 5.82 Å². The van der Waals surface area contributed by atoms with Crippen LogP contribution in [0.3, 0.4) is 0 Å². The summed E-state index contributed by atoms with van der Waals surface area (Å²) >= 11 is 0. The Morgan fingerprint density at radius 3 is 2.63 bits per heavy atom. The number of hydrogen-bond donors (Lipinski definition) is 2. The standard InChI is InChI=1S/C15H18FNO2/c16-12-5-3-9(4-6-12)15(19)17-14-11-2-1-10(7-11)13(14)8-18/h3-6,10-11,13-14,18H,1-2,7-8H2,(H,17,19). The lowest BCUT2D eigenvalue weighted by Crippen LogP contribution is -2.45. The molecule has 4 atom stereocenters. The molecule has 0 aliphatic heterocycles. The molecule has 0 heterocycles. The van der Waals surface area contributed by atoms with Gasteiger partial charge in [-0.2, -0.15) is 0 Å². The van der Waals surface area contributed by atoms with Gasteiger partial charge in [0.05, 0.1) is 0 Å². The summed E-state index contributed by atoms with van der Waals surface area (Å²) in [5.41, 5.74) is 0.473. The first-order chi connectivity index (χ1) is 9.19. The van der Waals surface area contributed by atoms with Crippen LogP contribution in [0.25, 0.3) is 0 Å². The van der Waals surface area contributed by atoms with Gasteiger partial charge in [0, 0.05) is 24.1 Å². The Labute approximate surface area is 111 Å². The molecule has 1 amide bonds. The van der Waals surface area contributed by atoms with Crippen molar-refractivity contribution >= 4 is 5.91 Å². The predicted octanol–water partition coefficient (Wildman–Crippen LogP) is 1.96. The number of nitrogens with one attached hydrogen (secondary N) is 1. The number of hydrogen-bond acceptors (Lipinski definition) is 2. The largest absolute Gasteiger partial charge is 0.396 e. The van der Waals surface area contributed by atoms with Crippen molar-refractivity contribution in [1.82, 2.24) is 5.32 Å². The van der Waals surface area contributed by atoms with Crippen molar-refractivity contribution in [3.63, 3.8) is 0 Å². The van der Waals surface area contributed by atoms with E-state index in [1.165, 1.54) is 30.7 Å². The summed E-state index contributed by atoms with van der Waals surface area (Å²) in [5.74, 6) is 0.712. The van der Waals surface area contributed by atoms with Gasteiger partial charge in [0.2, 0.25) is 0 Å². The molecule has 4 unspecified atom stereocenters. The third kappa shape index (κ3) is 2.25. The Morgan fingerprint density at radius 2 is 1.95 bits per heavy atom. The lowest BCUT2D eigenvalue weighted by molar-refractivity contribution is 0.0861. The normalized spacial score (nSPS) is 32.5. The van der Waals surface area contributed by atoms with Crippen LogP contribution in [-0.2, 0) is 0 Å². The highest BCUT2D eigenvalue weighted by atomic mass is 19.1. The van der Waals surface area contributed by atoms with E-state index in [1.807, 2.05) is 0 Å². The Hall–Kier alpha value is -1.42. The molecule has 2 fully saturated rings. The van der Waals surface area contributed by atoms with E-state index in [9.17, 15) is 14.3 Å². The fraction of sp³-hybridized carbons (Fsp3) is 0.533. The minimum absolute atomic E-state index is 0.0707. The molecule has 0 radical (unpaired) electrons. The van der Waals surface area contributed by atoms with Crippen molar-refractivity contribution in [2.24, 2.45) is 17.8 Å². The van der Waals surface area contributed by atoms with E-state index < -0.39 is 0 Å². The Morgan fingerprint density at radius 1 is 1.26 bits per heavy atom. The quantitative estimate of drug-likeness (QED) is 0.876. The molecule has 1 aromatic carbocycles. The number of halogens is 1. The molecule has 2 N–H and O–H groups in total. The molecule has 0 saturated heterocycles. The summed E-state index contributed by atoms with van der Waals surface area (Å²) in [6.45, 7) is 0.134. The van der Waals surface area contributed by atoms with Gasteiger partial charge in [-0.25, -0.2) is 4.39 Å². The van der Waals surface area contributed by atoms with E-state index in [4.69, 9.17) is 0 Å². The lowest BCUT2D eigenvalue weighted by atomic mass is 9.85. The maximum atomic E-state index is 12.8. The number of fused-ring (bicyclic) bond motifs is 2. The number of carbonyl (C=O) groups is 1. The molecule has 2 aliphatic rings. The number of aliphatic hydroxyl groups is 1. The van der Waals surface area contributed by atoms with E-state index in [1.54, 1.807) is 0 Å². The number of benzene rings is 1. The van der Waals surface area contributed by atoms with Gasteiger partial charge in [-0.15, -0.1) is 0 Å². The van der Waals surface area contributed by atoms with Crippen molar-refractivity contribution in [2.45, 2.75) is 25.3 Å². The van der Waals surface area contributed by atoms with Gasteiger partial charge in [-0.05, 0) is 55.4 Å². The second-order valence-corrected chi connectivity index (χ2v) is 5.69. The van der Waals surface area contributed by atoms with Gasteiger partial charge in [0.25, 0.3) is 5.91 Å². The van der Waals surface area contributed by atoms with Crippen LogP contribution < -0.4 is 5.32 Å². The van der Waals surface area contributed by atoms with Crippen LogP contribution in [0.5, 0.6) is 0 Å². The summed E-state index contributed by atoms with van der Waals surface area (Å²) in [6, 6.07) is 5.64. The van der Waals surface area contributed by atoms with E-state index in [-0.39, 0.29) is 30.3 Å². The fourth-order valence-electron chi connectivity index (χ4n) is 3.73. The molecule has 102 valence electrons. The number of carbonyl (C=O) groups excluding carboxylic acids is 1. The molecule has 0 aromatic heterocycles. The van der Waals surface area contributed by atoms with E-state index in [0.29, 0.717) is 17.4 Å². The first-order valence-corrected chi connectivity index (χ1v) is 6.86. The van der Waals surface area contributed by atoms with Crippen molar-refractivity contribution in [3.05, 3.63) is 35.6 Å². The first-order valence-electron chi connectivity index (χ1n) is 6.86. The zero-order chi connectivity index (χ0) is 13.4. The van der Waals surface area contributed by atoms with Gasteiger partial charge >= 0.3 is 0 Å². The van der Waals surface area contributed by atoms with Crippen molar-refractivity contribution < 1.29 is 14.3 Å². The molecule has 2 saturated carbocycles. The number of aliphatic hydroxyl groups excluding tert-OH is 1. The zero-order valence-electron chi connectivity index (χ0n) is 10.7. The molecule has 4 heteroatoms. The summed E-state index contributed by atoms with van der Waals surface area (Å²) in [7, 11) is 0. The van der Waals surface area contributed by atoms with Crippen molar-refractivity contribution in [2.75, 3.05) is 6.61 Å². The topological polar surface area (TPSA) is 49.3 Å². The van der Waals surface area contributed by atoms with Gasteiger partial charge in [0.15, 0.2) is 0 Å². The monoisotopic (exact) mass is 263 g/mol. The maximum Gasteiger partial charge on any atom is 0.251 e. The molecule has 19 heavy (non-hydrogen) atoms. The second-order valence-electron chi connectivity index (χ2n) is 5.69. The highest BCUT2D eigenvalue weighted by Gasteiger charge is 2.47. The fourth-order valence-corrected chi connectivity index (χ4v) is 3.73. The predicted molar refractivity (Wildman–Crippen MR) is 69.1 cm³/mol. The van der Waals surface area contributed by atoms with Crippen LogP contribution in [0.2, 0.25) is 0 Å². The maximum absolute atomic E-state index is 12.8. The minimum Gasteiger partial charge on any atom is -0.396 e. The zero-order valence-corrected chi connectivity index (χ0v) is 10.7. The molecular weight excluding hydrogens is 245 g/mol. The van der Waals surface area contributed by atoms with Crippen LogP contribution in [0.15, 0.2) is 24.3 Å². The second kappa shape index (κ2) is 4.93. The summed E-state index contributed by atoms with van der Waals surface area (Å²) in [6.07, 6.45) is 3.41. The molecule has 3 nitrogen and oxygen atoms in total. The third-order valence-electron chi connectivity index (χ3n) is 4.70. The summed E-state index contributed by atoms with van der Waals surface area (Å²) in [5, 5.41) is 12.5. The molecular formula is C15H18FNO2. The van der Waals surface area contributed by atoms with E-state index >= 15 is 0 Å². The number of rotatable bonds is 3. The Kier molecular flexibility index (Phi) is 3.27. The van der Waals surface area contributed by atoms with Crippen LogP contribution in [0, 0.1) is 23.6 Å². The molecule has 0 spiro atoms. The van der Waals surface area contributed by atoms with Crippen molar-refractivity contribution in [3.8, 4) is 0 Å². The highest BCUT2D eigenvalue weighted by Crippen LogP contribution is 2.48. The van der Waals surface area contributed by atoms with E-state index in [2.05, 4.69) is 5.32 Å². The van der Waals surface area contributed by atoms with E-state index in [0.717, 1.165) is 12.8 Å². The highest BCUT2D eigenvalue weighted by molar-refractivity contribution is 5.94. The Balaban J connectivity index is 1.71. The van der Waals surface area contributed by atoms with Gasteiger partial charge in [-0.1, -0.05) is 0 Å². The molecule has 3 rings (SSSR count). The average Bonchev–Trinajstić information content (AvgIpc) is 3.00. The first kappa shape index (κ1) is 12.6. The molecule has 2 bridgehead atoms. The van der Waals surface area contributed by atoms with Crippen LogP contribution >= 0.6 is 0 Å². The van der Waals surface area contributed by atoms with Gasteiger partial charge in [-0.3, -0.25) is 4.79 Å². The summed E-state index contributed by atoms with van der Waals surface area (Å²) < 4.78 is 12.8. The minimum atomic E-state index is -0.343. The number of amides is 1. The third-order valence-corrected chi connectivity index (χ3v) is 4.70. The Bertz CT molecular complexity index is 474. The van der Waals surface area contributed by atoms with Crippen LogP contribution in [0.4, 0.5) is 4.39 Å². The van der Waals surface area contributed by atoms with Crippen molar-refractivity contribution in [1.29, 1.82) is 0 Å².